The van der Waals surface area contributed by atoms with Gasteiger partial charge in [0.1, 0.15) is 18.1 Å². The molecule has 1 heterocycles. The van der Waals surface area contributed by atoms with Crippen LogP contribution in [0, 0.1) is 0 Å². The lowest BCUT2D eigenvalue weighted by Crippen LogP contribution is -2.35. The van der Waals surface area contributed by atoms with Crippen LogP contribution in [0.3, 0.4) is 0 Å². The number of halogens is 1. The molecule has 0 saturated heterocycles. The average Bonchev–Trinajstić information content (AvgIpc) is 2.95. The second kappa shape index (κ2) is 8.70. The van der Waals surface area contributed by atoms with E-state index >= 15 is 0 Å². The van der Waals surface area contributed by atoms with Gasteiger partial charge in [-0.2, -0.15) is 5.10 Å². The third-order valence-electron chi connectivity index (χ3n) is 3.05. The van der Waals surface area contributed by atoms with Gasteiger partial charge in [0, 0.05) is 33.8 Å². The first-order valence-electron chi connectivity index (χ1n) is 6.96. The van der Waals surface area contributed by atoms with E-state index in [1.807, 2.05) is 62.3 Å². The summed E-state index contributed by atoms with van der Waals surface area (Å²) in [4.78, 5) is 12.9. The molecule has 23 heavy (non-hydrogen) atoms. The Bertz CT molecular complexity index is 626. The predicted molar refractivity (Wildman–Crippen MR) is 102 cm³/mol. The highest BCUT2D eigenvalue weighted by Gasteiger charge is 2.08. The number of nitrogens with zero attached hydrogens (tertiary/aromatic N) is 5. The number of guanidine groups is 1. The van der Waals surface area contributed by atoms with Crippen molar-refractivity contribution in [3.05, 3.63) is 30.1 Å². The number of benzene rings is 1. The quantitative estimate of drug-likeness (QED) is 0.457. The first-order valence-corrected chi connectivity index (χ1v) is 6.96. The van der Waals surface area contributed by atoms with Gasteiger partial charge in [0.05, 0.1) is 7.11 Å². The Labute approximate surface area is 153 Å². The SMILES string of the molecule is COc1ccc(-c2n[nH]c(CN=C(N(C)C)N(C)C)n2)cc1.I. The van der Waals surface area contributed by atoms with Gasteiger partial charge in [-0.05, 0) is 24.3 Å². The van der Waals surface area contributed by atoms with Gasteiger partial charge in [-0.25, -0.2) is 9.98 Å². The summed E-state index contributed by atoms with van der Waals surface area (Å²) in [7, 11) is 9.49. The highest BCUT2D eigenvalue weighted by Crippen LogP contribution is 2.19. The van der Waals surface area contributed by atoms with E-state index in [9.17, 15) is 0 Å². The fraction of sp³-hybridized carbons (Fsp3) is 0.400. The number of H-pyrrole nitrogens is 1. The van der Waals surface area contributed by atoms with Crippen LogP contribution in [-0.4, -0.2) is 66.2 Å². The van der Waals surface area contributed by atoms with Gasteiger partial charge in [0.25, 0.3) is 0 Å². The van der Waals surface area contributed by atoms with Crippen molar-refractivity contribution in [2.75, 3.05) is 35.3 Å². The normalized spacial score (nSPS) is 9.78. The van der Waals surface area contributed by atoms with Gasteiger partial charge in [0.2, 0.25) is 0 Å². The zero-order valence-corrected chi connectivity index (χ0v) is 16.4. The summed E-state index contributed by atoms with van der Waals surface area (Å²) >= 11 is 0. The molecule has 0 amide bonds. The van der Waals surface area contributed by atoms with Gasteiger partial charge in [-0.15, -0.1) is 24.0 Å². The number of aromatic amines is 1. The summed E-state index contributed by atoms with van der Waals surface area (Å²) in [6.45, 7) is 0.453. The Balaban J connectivity index is 0.00000264. The first-order chi connectivity index (χ1) is 10.5. The van der Waals surface area contributed by atoms with Crippen LogP contribution in [0.4, 0.5) is 0 Å². The number of aliphatic imine (C=N–C) groups is 1. The second-order valence-corrected chi connectivity index (χ2v) is 5.24. The molecule has 8 heteroatoms. The highest BCUT2D eigenvalue weighted by atomic mass is 127. The molecule has 7 nitrogen and oxygen atoms in total. The van der Waals surface area contributed by atoms with Gasteiger partial charge in [0.15, 0.2) is 11.8 Å². The molecule has 1 aromatic heterocycles. The number of hydrogen-bond acceptors (Lipinski definition) is 4. The Morgan fingerprint density at radius 1 is 1.13 bits per heavy atom. The number of methoxy groups -OCH3 is 1. The number of ether oxygens (including phenoxy) is 1. The van der Waals surface area contributed by atoms with Crippen molar-refractivity contribution in [3.63, 3.8) is 0 Å². The molecular weight excluding hydrogens is 407 g/mol. The molecule has 0 saturated carbocycles. The zero-order chi connectivity index (χ0) is 16.1. The minimum atomic E-state index is 0. The molecule has 0 aliphatic rings. The topological polar surface area (TPSA) is 69.6 Å². The lowest BCUT2D eigenvalue weighted by Gasteiger charge is -2.22. The Kier molecular flexibility index (Phi) is 7.27. The van der Waals surface area contributed by atoms with E-state index < -0.39 is 0 Å². The molecule has 2 rings (SSSR count). The van der Waals surface area contributed by atoms with Crippen molar-refractivity contribution in [2.45, 2.75) is 6.54 Å². The molecular formula is C15H23IN6O. The smallest absolute Gasteiger partial charge is 0.195 e. The average molecular weight is 430 g/mol. The van der Waals surface area contributed by atoms with Crippen molar-refractivity contribution in [2.24, 2.45) is 4.99 Å². The zero-order valence-electron chi connectivity index (χ0n) is 14.1. The molecule has 126 valence electrons. The maximum absolute atomic E-state index is 5.14. The Hall–Kier alpha value is -1.84. The van der Waals surface area contributed by atoms with Crippen LogP contribution in [-0.2, 0) is 6.54 Å². The summed E-state index contributed by atoms with van der Waals surface area (Å²) < 4.78 is 5.14. The fourth-order valence-electron chi connectivity index (χ4n) is 2.06. The Morgan fingerprint density at radius 3 is 2.26 bits per heavy atom. The van der Waals surface area contributed by atoms with Gasteiger partial charge < -0.3 is 14.5 Å². The van der Waals surface area contributed by atoms with Crippen molar-refractivity contribution in [3.8, 4) is 17.1 Å². The molecule has 1 N–H and O–H groups in total. The summed E-state index contributed by atoms with van der Waals surface area (Å²) in [5.41, 5.74) is 0.938. The van der Waals surface area contributed by atoms with E-state index in [1.54, 1.807) is 7.11 Å². The van der Waals surface area contributed by atoms with Gasteiger partial charge >= 0.3 is 0 Å². The molecule has 0 aliphatic heterocycles. The summed E-state index contributed by atoms with van der Waals surface area (Å²) in [5.74, 6) is 3.07. The minimum Gasteiger partial charge on any atom is -0.497 e. The van der Waals surface area contributed by atoms with Crippen molar-refractivity contribution in [1.29, 1.82) is 0 Å². The number of rotatable bonds is 4. The largest absolute Gasteiger partial charge is 0.497 e. The van der Waals surface area contributed by atoms with Crippen LogP contribution < -0.4 is 4.74 Å². The molecule has 0 unspecified atom stereocenters. The maximum atomic E-state index is 5.14. The van der Waals surface area contributed by atoms with E-state index in [2.05, 4.69) is 20.2 Å². The van der Waals surface area contributed by atoms with Crippen molar-refractivity contribution < 1.29 is 4.74 Å². The van der Waals surface area contributed by atoms with Crippen LogP contribution in [0.1, 0.15) is 5.82 Å². The molecule has 0 fully saturated rings. The van der Waals surface area contributed by atoms with Gasteiger partial charge in [-0.3, -0.25) is 5.10 Å². The third kappa shape index (κ3) is 5.08. The highest BCUT2D eigenvalue weighted by molar-refractivity contribution is 14.0. The van der Waals surface area contributed by atoms with Gasteiger partial charge in [-0.1, -0.05) is 0 Å². The van der Waals surface area contributed by atoms with E-state index in [4.69, 9.17) is 4.74 Å². The molecule has 0 aliphatic carbocycles. The lowest BCUT2D eigenvalue weighted by atomic mass is 10.2. The summed E-state index contributed by atoms with van der Waals surface area (Å²) in [6, 6.07) is 7.64. The van der Waals surface area contributed by atoms with Crippen LogP contribution in [0.2, 0.25) is 0 Å². The predicted octanol–water partition coefficient (Wildman–Crippen LogP) is 2.08. The summed E-state index contributed by atoms with van der Waals surface area (Å²) in [5, 5.41) is 7.17. The van der Waals surface area contributed by atoms with Crippen molar-refractivity contribution in [1.82, 2.24) is 25.0 Å². The van der Waals surface area contributed by atoms with E-state index in [0.29, 0.717) is 12.4 Å². The molecule has 0 spiro atoms. The van der Waals surface area contributed by atoms with E-state index in [1.165, 1.54) is 0 Å². The maximum Gasteiger partial charge on any atom is 0.195 e. The molecule has 2 aromatic rings. The van der Waals surface area contributed by atoms with Crippen LogP contribution >= 0.6 is 24.0 Å². The van der Waals surface area contributed by atoms with E-state index in [-0.39, 0.29) is 24.0 Å². The second-order valence-electron chi connectivity index (χ2n) is 5.24. The number of nitrogens with one attached hydrogen (secondary N) is 1. The molecule has 0 bridgehead atoms. The monoisotopic (exact) mass is 430 g/mol. The standard InChI is InChI=1S/C15H22N6O.HI/c1-20(2)15(21(3)4)16-10-13-17-14(19-18-13)11-6-8-12(22-5)9-7-11;/h6-9H,10H2,1-5H3,(H,17,18,19);1H. The molecule has 1 aromatic carbocycles. The van der Waals surface area contributed by atoms with Crippen LogP contribution in [0.25, 0.3) is 11.4 Å². The van der Waals surface area contributed by atoms with Crippen molar-refractivity contribution >= 4 is 29.9 Å². The summed E-state index contributed by atoms with van der Waals surface area (Å²) in [6.07, 6.45) is 0. The Morgan fingerprint density at radius 2 is 1.74 bits per heavy atom. The fourth-order valence-corrected chi connectivity index (χ4v) is 2.06. The number of aromatic nitrogens is 3. The number of hydrogen-bond donors (Lipinski definition) is 1. The first kappa shape index (κ1) is 19.2. The van der Waals surface area contributed by atoms with Crippen LogP contribution in [0.15, 0.2) is 29.3 Å². The minimum absolute atomic E-state index is 0. The molecule has 0 radical (unpaired) electrons. The van der Waals surface area contributed by atoms with E-state index in [0.717, 1.165) is 23.1 Å². The lowest BCUT2D eigenvalue weighted by molar-refractivity contribution is 0.415. The third-order valence-corrected chi connectivity index (χ3v) is 3.05. The molecule has 0 atom stereocenters. The van der Waals surface area contributed by atoms with Crippen LogP contribution in [0.5, 0.6) is 5.75 Å².